The lowest BCUT2D eigenvalue weighted by Gasteiger charge is -2.11. The van der Waals surface area contributed by atoms with Crippen molar-refractivity contribution in [2.75, 3.05) is 19.6 Å². The van der Waals surface area contributed by atoms with Crippen LogP contribution in [0.15, 0.2) is 44.3 Å². The van der Waals surface area contributed by atoms with Gasteiger partial charge in [0.25, 0.3) is 5.91 Å². The van der Waals surface area contributed by atoms with Crippen LogP contribution in [0.4, 0.5) is 0 Å². The van der Waals surface area contributed by atoms with E-state index in [1.165, 1.54) is 0 Å². The second kappa shape index (κ2) is 12.8. The summed E-state index contributed by atoms with van der Waals surface area (Å²) in [6.07, 6.45) is 0. The lowest BCUT2D eigenvalue weighted by molar-refractivity contribution is 0.0954. The van der Waals surface area contributed by atoms with Gasteiger partial charge in [0.15, 0.2) is 11.7 Å². The van der Waals surface area contributed by atoms with Gasteiger partial charge in [-0.1, -0.05) is 34.9 Å². The molecule has 1 amide bonds. The monoisotopic (exact) mass is 563 g/mol. The van der Waals surface area contributed by atoms with Crippen molar-refractivity contribution < 1.29 is 9.32 Å². The van der Waals surface area contributed by atoms with Crippen molar-refractivity contribution in [1.82, 2.24) is 21.1 Å². The molecule has 0 saturated heterocycles. The van der Waals surface area contributed by atoms with Crippen molar-refractivity contribution >= 4 is 51.8 Å². The molecule has 1 aromatic carbocycles. The van der Waals surface area contributed by atoms with Gasteiger partial charge in [0, 0.05) is 35.7 Å². The van der Waals surface area contributed by atoms with Crippen LogP contribution in [-0.4, -0.2) is 36.7 Å². The van der Waals surface area contributed by atoms with E-state index in [-0.39, 0.29) is 29.9 Å². The lowest BCUT2D eigenvalue weighted by atomic mass is 10.1. The van der Waals surface area contributed by atoms with Gasteiger partial charge in [-0.2, -0.15) is 0 Å². The minimum absolute atomic E-state index is 0. The van der Waals surface area contributed by atoms with E-state index >= 15 is 0 Å². The summed E-state index contributed by atoms with van der Waals surface area (Å²) in [5, 5.41) is 13.3. The van der Waals surface area contributed by atoms with Crippen LogP contribution >= 0.6 is 39.9 Å². The Balaban J connectivity index is 0.00000392. The molecule has 0 bridgehead atoms. The van der Waals surface area contributed by atoms with Crippen LogP contribution in [0.2, 0.25) is 0 Å². The third kappa shape index (κ3) is 8.17. The number of carbonyl (C=O) groups excluding carboxylic acids is 1. The molecule has 2 rings (SSSR count). The zero-order valence-corrected chi connectivity index (χ0v) is 20.2. The van der Waals surface area contributed by atoms with Crippen LogP contribution in [0.1, 0.15) is 48.5 Å². The molecule has 0 aliphatic heterocycles. The Bertz CT molecular complexity index is 762. The van der Waals surface area contributed by atoms with Crippen LogP contribution < -0.4 is 16.0 Å². The van der Waals surface area contributed by atoms with E-state index in [1.807, 2.05) is 25.1 Å². The van der Waals surface area contributed by atoms with Crippen molar-refractivity contribution in [3.63, 3.8) is 0 Å². The summed E-state index contributed by atoms with van der Waals surface area (Å²) in [6, 6.07) is 9.17. The summed E-state index contributed by atoms with van der Waals surface area (Å²) in [7, 11) is 0. The van der Waals surface area contributed by atoms with E-state index in [0.29, 0.717) is 37.1 Å². The van der Waals surface area contributed by atoms with Crippen LogP contribution in [0, 0.1) is 0 Å². The van der Waals surface area contributed by atoms with Crippen LogP contribution in [0.5, 0.6) is 0 Å². The highest BCUT2D eigenvalue weighted by Gasteiger charge is 2.08. The van der Waals surface area contributed by atoms with Gasteiger partial charge in [-0.3, -0.25) is 4.79 Å². The molecule has 1 heterocycles. The maximum absolute atomic E-state index is 12.1. The summed E-state index contributed by atoms with van der Waals surface area (Å²) in [6.45, 7) is 8.32. The van der Waals surface area contributed by atoms with E-state index in [4.69, 9.17) is 4.52 Å². The van der Waals surface area contributed by atoms with Gasteiger partial charge >= 0.3 is 0 Å². The summed E-state index contributed by atoms with van der Waals surface area (Å²) >= 11 is 3.36. The fourth-order valence-corrected chi connectivity index (χ4v) is 2.50. The van der Waals surface area contributed by atoms with E-state index in [0.717, 1.165) is 22.5 Å². The van der Waals surface area contributed by atoms with E-state index < -0.39 is 0 Å². The topological polar surface area (TPSA) is 91.6 Å². The van der Waals surface area contributed by atoms with Gasteiger partial charge in [0.05, 0.1) is 5.69 Å². The highest BCUT2D eigenvalue weighted by molar-refractivity contribution is 14.0. The van der Waals surface area contributed by atoms with Gasteiger partial charge in [-0.15, -0.1) is 24.0 Å². The maximum atomic E-state index is 12.1. The summed E-state index contributed by atoms with van der Waals surface area (Å²) in [5.74, 6) is 1.61. The fourth-order valence-electron chi connectivity index (χ4n) is 2.23. The average Bonchev–Trinajstić information content (AvgIpc) is 3.13. The van der Waals surface area contributed by atoms with Crippen molar-refractivity contribution in [1.29, 1.82) is 0 Å². The van der Waals surface area contributed by atoms with Gasteiger partial charge in [-0.25, -0.2) is 4.99 Å². The first-order valence-electron chi connectivity index (χ1n) is 9.01. The number of carbonyl (C=O) groups is 1. The Labute approximate surface area is 191 Å². The first-order valence-corrected chi connectivity index (χ1v) is 9.80. The van der Waals surface area contributed by atoms with E-state index in [2.05, 4.69) is 55.9 Å². The van der Waals surface area contributed by atoms with Crippen molar-refractivity contribution in [3.8, 4) is 0 Å². The van der Waals surface area contributed by atoms with Crippen molar-refractivity contribution in [3.05, 3.63) is 51.8 Å². The standard InChI is InChI=1S/C19H26BrN5O2.HI/c1-4-21-19(24-12-16-11-17(13(2)3)25-27-16)23-10-9-22-18(26)14-5-7-15(20)8-6-14;/h5-8,11,13H,4,9-10,12H2,1-3H3,(H,22,26)(H2,21,23,24);1H. The first kappa shape index (κ1) is 24.4. The molecule has 0 unspecified atom stereocenters. The number of halogens is 2. The molecule has 7 nitrogen and oxygen atoms in total. The van der Waals surface area contributed by atoms with E-state index in [1.54, 1.807) is 12.1 Å². The summed E-state index contributed by atoms with van der Waals surface area (Å²) in [5.41, 5.74) is 1.55. The molecule has 1 aromatic heterocycles. The number of nitrogens with one attached hydrogen (secondary N) is 3. The van der Waals surface area contributed by atoms with Crippen LogP contribution in [0.3, 0.4) is 0 Å². The first-order chi connectivity index (χ1) is 13.0. The molecular formula is C19H27BrIN5O2. The molecule has 3 N–H and O–H groups in total. The number of hydrogen-bond donors (Lipinski definition) is 3. The number of guanidine groups is 1. The van der Waals surface area contributed by atoms with Crippen LogP contribution in [0.25, 0.3) is 0 Å². The van der Waals surface area contributed by atoms with E-state index in [9.17, 15) is 4.79 Å². The zero-order chi connectivity index (χ0) is 19.6. The Hall–Kier alpha value is -1.62. The number of hydrogen-bond acceptors (Lipinski definition) is 4. The molecule has 0 atom stereocenters. The van der Waals surface area contributed by atoms with Gasteiger partial charge in [0.2, 0.25) is 0 Å². The molecule has 0 spiro atoms. The molecule has 0 saturated carbocycles. The second-order valence-corrected chi connectivity index (χ2v) is 7.17. The smallest absolute Gasteiger partial charge is 0.251 e. The predicted molar refractivity (Wildman–Crippen MR) is 125 cm³/mol. The Kier molecular flexibility index (Phi) is 11.1. The molecule has 0 aliphatic carbocycles. The summed E-state index contributed by atoms with van der Waals surface area (Å²) in [4.78, 5) is 16.6. The van der Waals surface area contributed by atoms with Gasteiger partial charge in [-0.05, 0) is 37.1 Å². The third-order valence-corrected chi connectivity index (χ3v) is 4.24. The number of rotatable bonds is 8. The van der Waals surface area contributed by atoms with Crippen LogP contribution in [-0.2, 0) is 6.54 Å². The maximum Gasteiger partial charge on any atom is 0.251 e. The second-order valence-electron chi connectivity index (χ2n) is 6.26. The minimum atomic E-state index is -0.103. The highest BCUT2D eigenvalue weighted by atomic mass is 127. The number of amides is 1. The minimum Gasteiger partial charge on any atom is -0.359 e. The molecule has 0 aliphatic rings. The average molecular weight is 564 g/mol. The number of aliphatic imine (C=N–C) groups is 1. The molecule has 0 radical (unpaired) electrons. The molecule has 28 heavy (non-hydrogen) atoms. The Morgan fingerprint density at radius 1 is 1.18 bits per heavy atom. The Morgan fingerprint density at radius 2 is 1.86 bits per heavy atom. The highest BCUT2D eigenvalue weighted by Crippen LogP contribution is 2.14. The zero-order valence-electron chi connectivity index (χ0n) is 16.3. The SMILES string of the molecule is CCNC(=NCc1cc(C(C)C)no1)NCCNC(=O)c1ccc(Br)cc1.I. The fraction of sp³-hybridized carbons (Fsp3) is 0.421. The normalized spacial score (nSPS) is 11.1. The molecule has 2 aromatic rings. The third-order valence-electron chi connectivity index (χ3n) is 3.72. The van der Waals surface area contributed by atoms with Crippen molar-refractivity contribution in [2.45, 2.75) is 33.2 Å². The largest absolute Gasteiger partial charge is 0.359 e. The quantitative estimate of drug-likeness (QED) is 0.197. The van der Waals surface area contributed by atoms with Gasteiger partial charge in [0.1, 0.15) is 6.54 Å². The molecule has 0 fully saturated rings. The molecule has 9 heteroatoms. The Morgan fingerprint density at radius 3 is 2.46 bits per heavy atom. The number of aromatic nitrogens is 1. The summed E-state index contributed by atoms with van der Waals surface area (Å²) < 4.78 is 6.24. The molecular weight excluding hydrogens is 537 g/mol. The predicted octanol–water partition coefficient (Wildman–Crippen LogP) is 3.66. The van der Waals surface area contributed by atoms with Crippen molar-refractivity contribution in [2.24, 2.45) is 4.99 Å². The number of benzene rings is 1. The lowest BCUT2D eigenvalue weighted by Crippen LogP contribution is -2.41. The van der Waals surface area contributed by atoms with Gasteiger partial charge < -0.3 is 20.5 Å². The number of nitrogens with zero attached hydrogens (tertiary/aromatic N) is 2. The molecule has 154 valence electrons.